The number of rotatable bonds is 6. The quantitative estimate of drug-likeness (QED) is 0.492. The standard InChI is InChI=1S/C19H20N4O2S/c1-13-4-6-14(7-5-13)12-26-19-22-17(24)16(11-23(19)2)8-15-9-20-18(25-3)21-10-15/h4-7,9-11H,8,12H2,1-3H3. The Morgan fingerprint density at radius 2 is 1.81 bits per heavy atom. The molecule has 1 aromatic carbocycles. The average molecular weight is 368 g/mol. The molecule has 0 spiro atoms. The molecule has 3 aromatic rings. The van der Waals surface area contributed by atoms with Crippen LogP contribution in [-0.2, 0) is 19.2 Å². The lowest BCUT2D eigenvalue weighted by molar-refractivity contribution is 0.379. The lowest BCUT2D eigenvalue weighted by Gasteiger charge is -2.09. The van der Waals surface area contributed by atoms with Crippen molar-refractivity contribution in [3.63, 3.8) is 0 Å². The van der Waals surface area contributed by atoms with Gasteiger partial charge in [-0.2, -0.15) is 4.98 Å². The van der Waals surface area contributed by atoms with Crippen molar-refractivity contribution in [2.24, 2.45) is 7.05 Å². The molecule has 0 bridgehead atoms. The third-order valence-corrected chi connectivity index (χ3v) is 4.99. The van der Waals surface area contributed by atoms with Gasteiger partial charge in [-0.25, -0.2) is 9.97 Å². The molecule has 0 aliphatic heterocycles. The minimum atomic E-state index is -0.217. The van der Waals surface area contributed by atoms with Crippen LogP contribution in [-0.4, -0.2) is 26.6 Å². The van der Waals surface area contributed by atoms with Crippen LogP contribution in [0.4, 0.5) is 0 Å². The largest absolute Gasteiger partial charge is 0.467 e. The van der Waals surface area contributed by atoms with E-state index in [0.29, 0.717) is 23.2 Å². The molecule has 0 amide bonds. The first-order chi connectivity index (χ1) is 12.5. The minimum Gasteiger partial charge on any atom is -0.467 e. The molecular weight excluding hydrogens is 348 g/mol. The predicted molar refractivity (Wildman–Crippen MR) is 102 cm³/mol. The van der Waals surface area contributed by atoms with Gasteiger partial charge in [0.2, 0.25) is 0 Å². The van der Waals surface area contributed by atoms with Gasteiger partial charge in [0.25, 0.3) is 5.56 Å². The van der Waals surface area contributed by atoms with E-state index in [0.717, 1.165) is 11.3 Å². The second-order valence-electron chi connectivity index (χ2n) is 5.99. The van der Waals surface area contributed by atoms with E-state index in [1.807, 2.05) is 17.8 Å². The number of aryl methyl sites for hydroxylation is 2. The maximum absolute atomic E-state index is 12.4. The topological polar surface area (TPSA) is 69.9 Å². The highest BCUT2D eigenvalue weighted by atomic mass is 32.2. The van der Waals surface area contributed by atoms with Gasteiger partial charge in [0, 0.05) is 43.4 Å². The van der Waals surface area contributed by atoms with E-state index >= 15 is 0 Å². The highest BCUT2D eigenvalue weighted by Crippen LogP contribution is 2.20. The number of thioether (sulfide) groups is 1. The average Bonchev–Trinajstić information content (AvgIpc) is 2.65. The van der Waals surface area contributed by atoms with Crippen molar-refractivity contribution in [3.8, 4) is 6.01 Å². The summed E-state index contributed by atoms with van der Waals surface area (Å²) in [7, 11) is 3.42. The number of hydrogen-bond acceptors (Lipinski definition) is 6. The van der Waals surface area contributed by atoms with Crippen LogP contribution >= 0.6 is 11.8 Å². The lowest BCUT2D eigenvalue weighted by Crippen LogP contribution is -2.18. The molecule has 0 atom stereocenters. The molecule has 134 valence electrons. The first-order valence-electron chi connectivity index (χ1n) is 8.15. The molecule has 6 nitrogen and oxygen atoms in total. The normalized spacial score (nSPS) is 10.7. The number of nitrogens with zero attached hydrogens (tertiary/aromatic N) is 4. The van der Waals surface area contributed by atoms with Gasteiger partial charge in [-0.3, -0.25) is 4.79 Å². The Hall–Kier alpha value is -2.67. The maximum Gasteiger partial charge on any atom is 0.316 e. The van der Waals surface area contributed by atoms with Crippen LogP contribution in [0, 0.1) is 6.92 Å². The molecule has 7 heteroatoms. The number of hydrogen-bond donors (Lipinski definition) is 0. The minimum absolute atomic E-state index is 0.217. The summed E-state index contributed by atoms with van der Waals surface area (Å²) in [6.45, 7) is 2.06. The van der Waals surface area contributed by atoms with Gasteiger partial charge in [-0.1, -0.05) is 41.6 Å². The predicted octanol–water partition coefficient (Wildman–Crippen LogP) is 2.77. The van der Waals surface area contributed by atoms with Crippen LogP contribution in [0.25, 0.3) is 0 Å². The van der Waals surface area contributed by atoms with Crippen LogP contribution in [0.5, 0.6) is 6.01 Å². The molecule has 26 heavy (non-hydrogen) atoms. The highest BCUT2D eigenvalue weighted by molar-refractivity contribution is 7.98. The second kappa shape index (κ2) is 8.14. The van der Waals surface area contributed by atoms with E-state index in [1.54, 1.807) is 24.2 Å². The summed E-state index contributed by atoms with van der Waals surface area (Å²) < 4.78 is 6.83. The molecule has 2 heterocycles. The number of ether oxygens (including phenoxy) is 1. The van der Waals surface area contributed by atoms with Gasteiger partial charge in [0.05, 0.1) is 7.11 Å². The first-order valence-corrected chi connectivity index (χ1v) is 9.13. The lowest BCUT2D eigenvalue weighted by atomic mass is 10.1. The van der Waals surface area contributed by atoms with Gasteiger partial charge in [0.15, 0.2) is 5.16 Å². The van der Waals surface area contributed by atoms with E-state index in [4.69, 9.17) is 4.74 Å². The van der Waals surface area contributed by atoms with E-state index < -0.39 is 0 Å². The van der Waals surface area contributed by atoms with Crippen molar-refractivity contribution in [2.45, 2.75) is 24.3 Å². The smallest absolute Gasteiger partial charge is 0.316 e. The molecule has 0 unspecified atom stereocenters. The Kier molecular flexibility index (Phi) is 5.68. The molecule has 0 aliphatic rings. The Balaban J connectivity index is 1.72. The van der Waals surface area contributed by atoms with Crippen molar-refractivity contribution in [2.75, 3.05) is 7.11 Å². The molecule has 0 fully saturated rings. The van der Waals surface area contributed by atoms with Gasteiger partial charge in [-0.15, -0.1) is 0 Å². The summed E-state index contributed by atoms with van der Waals surface area (Å²) in [5.41, 5.74) is 3.67. The van der Waals surface area contributed by atoms with Crippen LogP contribution < -0.4 is 10.3 Å². The van der Waals surface area contributed by atoms with Crippen molar-refractivity contribution >= 4 is 11.8 Å². The zero-order valence-corrected chi connectivity index (χ0v) is 15.8. The van der Waals surface area contributed by atoms with Crippen molar-refractivity contribution in [1.82, 2.24) is 19.5 Å². The van der Waals surface area contributed by atoms with Gasteiger partial charge >= 0.3 is 6.01 Å². The summed E-state index contributed by atoms with van der Waals surface area (Å²) in [4.78, 5) is 24.7. The van der Waals surface area contributed by atoms with Crippen LogP contribution in [0.1, 0.15) is 22.3 Å². The number of methoxy groups -OCH3 is 1. The third kappa shape index (κ3) is 4.49. The molecule has 3 rings (SSSR count). The molecule has 0 saturated heterocycles. The van der Waals surface area contributed by atoms with Crippen LogP contribution in [0.3, 0.4) is 0 Å². The molecular formula is C19H20N4O2S. The molecule has 0 aliphatic carbocycles. The second-order valence-corrected chi connectivity index (χ2v) is 6.94. The van der Waals surface area contributed by atoms with E-state index in [-0.39, 0.29) is 5.56 Å². The monoisotopic (exact) mass is 368 g/mol. The zero-order valence-electron chi connectivity index (χ0n) is 15.0. The zero-order chi connectivity index (χ0) is 18.5. The number of benzene rings is 1. The highest BCUT2D eigenvalue weighted by Gasteiger charge is 2.09. The van der Waals surface area contributed by atoms with E-state index in [9.17, 15) is 4.79 Å². The van der Waals surface area contributed by atoms with Gasteiger partial charge in [-0.05, 0) is 18.1 Å². The third-order valence-electron chi connectivity index (χ3n) is 3.87. The fourth-order valence-electron chi connectivity index (χ4n) is 2.43. The summed E-state index contributed by atoms with van der Waals surface area (Å²) in [6, 6.07) is 8.67. The van der Waals surface area contributed by atoms with Gasteiger partial charge in [0.1, 0.15) is 0 Å². The van der Waals surface area contributed by atoms with Crippen LogP contribution in [0.2, 0.25) is 0 Å². The fraction of sp³-hybridized carbons (Fsp3) is 0.263. The Morgan fingerprint density at radius 3 is 2.46 bits per heavy atom. The fourth-order valence-corrected chi connectivity index (χ4v) is 3.32. The van der Waals surface area contributed by atoms with E-state index in [2.05, 4.69) is 46.1 Å². The summed E-state index contributed by atoms with van der Waals surface area (Å²) in [5.74, 6) is 0.770. The van der Waals surface area contributed by atoms with Crippen molar-refractivity contribution < 1.29 is 4.74 Å². The van der Waals surface area contributed by atoms with Crippen LogP contribution in [0.15, 0.2) is 52.8 Å². The maximum atomic E-state index is 12.4. The van der Waals surface area contributed by atoms with Crippen molar-refractivity contribution in [1.29, 1.82) is 0 Å². The summed E-state index contributed by atoms with van der Waals surface area (Å²) in [5, 5.41) is 0.699. The SMILES string of the molecule is COc1ncc(Cc2cn(C)c(SCc3ccc(C)cc3)nc2=O)cn1. The van der Waals surface area contributed by atoms with Crippen molar-refractivity contribution in [3.05, 3.63) is 75.5 Å². The molecule has 2 aromatic heterocycles. The Labute approximate surface area is 156 Å². The Morgan fingerprint density at radius 1 is 1.12 bits per heavy atom. The molecule has 0 N–H and O–H groups in total. The van der Waals surface area contributed by atoms with E-state index in [1.165, 1.54) is 18.2 Å². The molecule has 0 radical (unpaired) electrons. The Bertz CT molecular complexity index is 937. The molecule has 0 saturated carbocycles. The first kappa shape index (κ1) is 18.1. The van der Waals surface area contributed by atoms with Gasteiger partial charge < -0.3 is 9.30 Å². The number of aromatic nitrogens is 4. The summed E-state index contributed by atoms with van der Waals surface area (Å²) >= 11 is 1.55. The summed E-state index contributed by atoms with van der Waals surface area (Å²) in [6.07, 6.45) is 5.58.